The maximum atomic E-state index is 12.6. The van der Waals surface area contributed by atoms with E-state index in [1.54, 1.807) is 23.3 Å². The van der Waals surface area contributed by atoms with Crippen molar-refractivity contribution in [1.82, 2.24) is 4.90 Å². The Kier molecular flexibility index (Phi) is 5.57. The summed E-state index contributed by atoms with van der Waals surface area (Å²) in [5, 5.41) is 11.1. The maximum Gasteiger partial charge on any atom is 0.255 e. The Bertz CT molecular complexity index is 458. The van der Waals surface area contributed by atoms with E-state index < -0.39 is 0 Å². The van der Waals surface area contributed by atoms with Crippen molar-refractivity contribution in [2.24, 2.45) is 5.92 Å². The minimum absolute atomic E-state index is 0.0151. The third-order valence-electron chi connectivity index (χ3n) is 3.85. The highest BCUT2D eigenvalue weighted by atomic mass is 32.1. The van der Waals surface area contributed by atoms with Crippen LogP contribution < -0.4 is 0 Å². The monoisotopic (exact) mass is 297 g/mol. The summed E-state index contributed by atoms with van der Waals surface area (Å²) in [4.78, 5) is 15.7. The largest absolute Gasteiger partial charge is 0.395 e. The van der Waals surface area contributed by atoms with Crippen molar-refractivity contribution in [1.29, 1.82) is 0 Å². The van der Waals surface area contributed by atoms with Gasteiger partial charge in [0.15, 0.2) is 0 Å². The normalized spacial score (nSPS) is 17.9. The van der Waals surface area contributed by atoms with E-state index in [0.29, 0.717) is 25.6 Å². The van der Waals surface area contributed by atoms with Crippen molar-refractivity contribution < 1.29 is 14.6 Å². The fraction of sp³-hybridized carbons (Fsp3) is 0.667. The number of amides is 1. The van der Waals surface area contributed by atoms with Crippen LogP contribution in [0.3, 0.4) is 0 Å². The molecule has 20 heavy (non-hydrogen) atoms. The number of hydrogen-bond acceptors (Lipinski definition) is 4. The van der Waals surface area contributed by atoms with E-state index in [4.69, 9.17) is 9.84 Å². The van der Waals surface area contributed by atoms with Crippen molar-refractivity contribution in [2.75, 3.05) is 33.4 Å². The number of thiophene rings is 1. The summed E-state index contributed by atoms with van der Waals surface area (Å²) < 4.78 is 5.04. The molecule has 0 aromatic carbocycles. The van der Waals surface area contributed by atoms with Crippen LogP contribution in [0.4, 0.5) is 0 Å². The topological polar surface area (TPSA) is 49.8 Å². The molecule has 0 radical (unpaired) electrons. The minimum atomic E-state index is -0.0151. The van der Waals surface area contributed by atoms with Gasteiger partial charge in [-0.1, -0.05) is 6.92 Å². The Labute approximate surface area is 124 Å². The number of rotatable bonds is 6. The minimum Gasteiger partial charge on any atom is -0.395 e. The first-order valence-electron chi connectivity index (χ1n) is 7.15. The average molecular weight is 297 g/mol. The molecule has 0 saturated carbocycles. The molecular formula is C15H23NO3S. The molecule has 1 aromatic rings. The number of carbonyl (C=O) groups excluding carboxylic acids is 1. The van der Waals surface area contributed by atoms with Crippen LogP contribution in [0, 0.1) is 5.92 Å². The Morgan fingerprint density at radius 2 is 2.35 bits per heavy atom. The summed E-state index contributed by atoms with van der Waals surface area (Å²) in [6.45, 7) is 3.63. The van der Waals surface area contributed by atoms with Crippen LogP contribution in [0.25, 0.3) is 0 Å². The Balaban J connectivity index is 2.15. The first-order valence-corrected chi connectivity index (χ1v) is 8.03. The van der Waals surface area contributed by atoms with E-state index in [2.05, 4.69) is 6.92 Å². The van der Waals surface area contributed by atoms with Gasteiger partial charge in [0.2, 0.25) is 0 Å². The molecule has 1 aliphatic rings. The first-order chi connectivity index (χ1) is 9.67. The molecular weight excluding hydrogens is 274 g/mol. The Hall–Kier alpha value is -0.910. The molecule has 0 saturated heterocycles. The van der Waals surface area contributed by atoms with E-state index >= 15 is 0 Å². The summed E-state index contributed by atoms with van der Waals surface area (Å²) in [5.74, 6) is 0.745. The summed E-state index contributed by atoms with van der Waals surface area (Å²) in [7, 11) is 1.62. The van der Waals surface area contributed by atoms with Gasteiger partial charge in [-0.2, -0.15) is 0 Å². The van der Waals surface area contributed by atoms with Crippen LogP contribution in [0.2, 0.25) is 0 Å². The van der Waals surface area contributed by atoms with Gasteiger partial charge in [0, 0.05) is 30.5 Å². The fourth-order valence-electron chi connectivity index (χ4n) is 2.66. The van der Waals surface area contributed by atoms with Crippen molar-refractivity contribution in [3.63, 3.8) is 0 Å². The summed E-state index contributed by atoms with van der Waals surface area (Å²) in [6.07, 6.45) is 3.24. The molecule has 1 N–H and O–H groups in total. The number of ether oxygens (including phenoxy) is 1. The third kappa shape index (κ3) is 3.40. The van der Waals surface area contributed by atoms with Crippen LogP contribution in [-0.2, 0) is 17.6 Å². The summed E-state index contributed by atoms with van der Waals surface area (Å²) >= 11 is 1.70. The van der Waals surface area contributed by atoms with Crippen LogP contribution in [0.1, 0.15) is 34.1 Å². The number of aliphatic hydroxyl groups is 1. The second kappa shape index (κ2) is 7.20. The van der Waals surface area contributed by atoms with Gasteiger partial charge in [-0.05, 0) is 30.7 Å². The average Bonchev–Trinajstić information content (AvgIpc) is 2.85. The van der Waals surface area contributed by atoms with Gasteiger partial charge in [0.05, 0.1) is 18.8 Å². The smallest absolute Gasteiger partial charge is 0.255 e. The van der Waals surface area contributed by atoms with Crippen molar-refractivity contribution in [3.05, 3.63) is 21.4 Å². The highest BCUT2D eigenvalue weighted by Gasteiger charge is 2.25. The van der Waals surface area contributed by atoms with Crippen LogP contribution >= 0.6 is 11.3 Å². The maximum absolute atomic E-state index is 12.6. The number of carbonyl (C=O) groups is 1. The second-order valence-corrected chi connectivity index (χ2v) is 6.37. The predicted molar refractivity (Wildman–Crippen MR) is 80.4 cm³/mol. The molecule has 4 nitrogen and oxygen atoms in total. The molecule has 1 unspecified atom stereocenters. The Morgan fingerprint density at radius 3 is 3.05 bits per heavy atom. The molecule has 0 fully saturated rings. The summed E-state index contributed by atoms with van der Waals surface area (Å²) in [5.41, 5.74) is 2.07. The zero-order valence-corrected chi connectivity index (χ0v) is 13.0. The lowest BCUT2D eigenvalue weighted by atomic mass is 9.88. The van der Waals surface area contributed by atoms with Gasteiger partial charge in [-0.15, -0.1) is 11.3 Å². The molecule has 1 atom stereocenters. The SMILES string of the molecule is COCCN(CCO)C(=O)c1csc2c1CCC(C)C2. The van der Waals surface area contributed by atoms with E-state index in [0.717, 1.165) is 24.8 Å². The van der Waals surface area contributed by atoms with Crippen molar-refractivity contribution in [3.8, 4) is 0 Å². The highest BCUT2D eigenvalue weighted by Crippen LogP contribution is 2.33. The lowest BCUT2D eigenvalue weighted by molar-refractivity contribution is 0.0655. The van der Waals surface area contributed by atoms with Gasteiger partial charge < -0.3 is 14.7 Å². The molecule has 0 spiro atoms. The molecule has 1 aromatic heterocycles. The van der Waals surface area contributed by atoms with Crippen LogP contribution in [-0.4, -0.2) is 49.3 Å². The summed E-state index contributed by atoms with van der Waals surface area (Å²) in [6, 6.07) is 0. The lowest BCUT2D eigenvalue weighted by Gasteiger charge is -2.23. The first kappa shape index (κ1) is 15.5. The number of hydrogen-bond donors (Lipinski definition) is 1. The molecule has 1 aliphatic carbocycles. The molecule has 1 amide bonds. The number of nitrogens with zero attached hydrogens (tertiary/aromatic N) is 1. The van der Waals surface area contributed by atoms with E-state index in [1.165, 1.54) is 10.4 Å². The zero-order valence-electron chi connectivity index (χ0n) is 12.2. The third-order valence-corrected chi connectivity index (χ3v) is 4.91. The van der Waals surface area contributed by atoms with E-state index in [9.17, 15) is 4.79 Å². The van der Waals surface area contributed by atoms with Crippen molar-refractivity contribution in [2.45, 2.75) is 26.2 Å². The number of methoxy groups -OCH3 is 1. The Morgan fingerprint density at radius 1 is 1.55 bits per heavy atom. The van der Waals surface area contributed by atoms with Crippen LogP contribution in [0.15, 0.2) is 5.38 Å². The molecule has 112 valence electrons. The van der Waals surface area contributed by atoms with Crippen molar-refractivity contribution >= 4 is 17.2 Å². The standard InChI is InChI=1S/C15H23NO3S/c1-11-3-4-12-13(10-20-14(12)9-11)15(18)16(5-7-17)6-8-19-2/h10-11,17H,3-9H2,1-2H3. The van der Waals surface area contributed by atoms with Crippen LogP contribution in [0.5, 0.6) is 0 Å². The highest BCUT2D eigenvalue weighted by molar-refractivity contribution is 7.10. The number of fused-ring (bicyclic) bond motifs is 1. The predicted octanol–water partition coefficient (Wildman–Crippen LogP) is 1.95. The number of aliphatic hydroxyl groups excluding tert-OH is 1. The van der Waals surface area contributed by atoms with E-state index in [-0.39, 0.29) is 12.5 Å². The van der Waals surface area contributed by atoms with E-state index in [1.807, 2.05) is 5.38 Å². The fourth-order valence-corrected chi connectivity index (χ4v) is 3.90. The molecule has 1 heterocycles. The van der Waals surface area contributed by atoms with Gasteiger partial charge in [0.1, 0.15) is 0 Å². The molecule has 2 rings (SSSR count). The van der Waals surface area contributed by atoms with Gasteiger partial charge in [-0.3, -0.25) is 4.79 Å². The second-order valence-electron chi connectivity index (χ2n) is 5.41. The van der Waals surface area contributed by atoms with Gasteiger partial charge in [-0.25, -0.2) is 0 Å². The molecule has 5 heteroatoms. The van der Waals surface area contributed by atoms with Gasteiger partial charge >= 0.3 is 0 Å². The zero-order chi connectivity index (χ0) is 14.5. The van der Waals surface area contributed by atoms with Gasteiger partial charge in [0.25, 0.3) is 5.91 Å². The molecule has 0 aliphatic heterocycles. The lowest BCUT2D eigenvalue weighted by Crippen LogP contribution is -2.36. The molecule has 0 bridgehead atoms. The quantitative estimate of drug-likeness (QED) is 0.873.